The van der Waals surface area contributed by atoms with Crippen LogP contribution in [0.2, 0.25) is 0 Å². The average molecular weight is 603 g/mol. The molecule has 1 aromatic heterocycles. The van der Waals surface area contributed by atoms with Gasteiger partial charge in [-0.2, -0.15) is 4.98 Å². The molecular formula is C33H35FN4O6. The predicted molar refractivity (Wildman–Crippen MR) is 163 cm³/mol. The van der Waals surface area contributed by atoms with Crippen LogP contribution in [-0.2, 0) is 22.4 Å². The van der Waals surface area contributed by atoms with E-state index in [1.807, 2.05) is 24.3 Å². The van der Waals surface area contributed by atoms with E-state index in [4.69, 9.17) is 9.26 Å². The van der Waals surface area contributed by atoms with Crippen molar-refractivity contribution >= 4 is 23.7 Å². The number of carbonyl (C=O) groups is 3. The molecule has 3 N–H and O–H groups in total. The number of hydrogen-bond acceptors (Lipinski definition) is 7. The first-order valence-electron chi connectivity index (χ1n) is 14.3. The Morgan fingerprint density at radius 2 is 1.68 bits per heavy atom. The predicted octanol–water partition coefficient (Wildman–Crippen LogP) is 6.66. The summed E-state index contributed by atoms with van der Waals surface area (Å²) in [7, 11) is 0. The summed E-state index contributed by atoms with van der Waals surface area (Å²) >= 11 is 0. The number of carbonyl (C=O) groups excluding carboxylic acids is 2. The first-order valence-corrected chi connectivity index (χ1v) is 14.3. The lowest BCUT2D eigenvalue weighted by Crippen LogP contribution is -2.42. The molecule has 0 radical (unpaired) electrons. The van der Waals surface area contributed by atoms with Crippen LogP contribution in [0.4, 0.5) is 14.9 Å². The Bertz CT molecular complexity index is 1610. The van der Waals surface area contributed by atoms with Crippen LogP contribution in [0.15, 0.2) is 71.3 Å². The monoisotopic (exact) mass is 602 g/mol. The number of unbranched alkanes of at least 4 members (excludes halogenated alkanes) is 1. The average Bonchev–Trinajstić information content (AvgIpc) is 3.45. The number of nitrogens with zero attached hydrogens (tertiary/aromatic N) is 2. The van der Waals surface area contributed by atoms with Gasteiger partial charge in [-0.05, 0) is 93.3 Å². The van der Waals surface area contributed by atoms with E-state index in [1.165, 1.54) is 42.0 Å². The summed E-state index contributed by atoms with van der Waals surface area (Å²) in [5, 5.41) is 18.7. The molecular weight excluding hydrogens is 567 g/mol. The third kappa shape index (κ3) is 8.73. The lowest BCUT2D eigenvalue weighted by molar-refractivity contribution is -0.139. The van der Waals surface area contributed by atoms with E-state index in [2.05, 4.69) is 27.7 Å². The van der Waals surface area contributed by atoms with Gasteiger partial charge in [-0.3, -0.25) is 10.1 Å². The minimum absolute atomic E-state index is 0.0619. The molecule has 1 heterocycles. The molecule has 0 saturated carbocycles. The number of ether oxygens (including phenoxy) is 1. The Morgan fingerprint density at radius 3 is 2.30 bits per heavy atom. The van der Waals surface area contributed by atoms with Gasteiger partial charge in [0.05, 0.1) is 5.56 Å². The maximum atomic E-state index is 15.1. The number of aromatic nitrogens is 2. The van der Waals surface area contributed by atoms with Gasteiger partial charge in [-0.25, -0.2) is 14.0 Å². The van der Waals surface area contributed by atoms with Crippen molar-refractivity contribution in [1.82, 2.24) is 15.5 Å². The molecule has 0 aliphatic heterocycles. The third-order valence-corrected chi connectivity index (χ3v) is 6.56. The molecule has 0 aliphatic rings. The van der Waals surface area contributed by atoms with E-state index in [-0.39, 0.29) is 29.3 Å². The van der Waals surface area contributed by atoms with Crippen molar-refractivity contribution in [2.24, 2.45) is 0 Å². The molecule has 11 heteroatoms. The Kier molecular flexibility index (Phi) is 10.1. The van der Waals surface area contributed by atoms with Crippen molar-refractivity contribution in [3.63, 3.8) is 0 Å². The van der Waals surface area contributed by atoms with Gasteiger partial charge in [0.25, 0.3) is 11.8 Å². The fourth-order valence-corrected chi connectivity index (χ4v) is 4.32. The number of aryl methyl sites for hydroxylation is 1. The zero-order valence-electron chi connectivity index (χ0n) is 25.0. The van der Waals surface area contributed by atoms with Crippen molar-refractivity contribution in [3.05, 3.63) is 89.2 Å². The van der Waals surface area contributed by atoms with Gasteiger partial charge in [0.1, 0.15) is 17.5 Å². The van der Waals surface area contributed by atoms with Crippen molar-refractivity contribution < 1.29 is 33.1 Å². The molecule has 2 amide bonds. The smallest absolute Gasteiger partial charge is 0.412 e. The molecule has 44 heavy (non-hydrogen) atoms. The number of nitrogens with one attached hydrogen (secondary N) is 2. The van der Waals surface area contributed by atoms with Gasteiger partial charge in [0.15, 0.2) is 0 Å². The number of carboxylic acid groups (broad SMARTS) is 1. The van der Waals surface area contributed by atoms with Crippen LogP contribution < -0.4 is 10.6 Å². The van der Waals surface area contributed by atoms with Gasteiger partial charge in [0, 0.05) is 23.2 Å². The summed E-state index contributed by atoms with van der Waals surface area (Å²) in [4.78, 5) is 41.0. The SMILES string of the molecule is CCCCc1ccc(-c2nc(-c3ccc(CC(NC(=O)c4ccc(NC(=O)OC(C)(C)C)cc4)C(=O)O)cc3F)no2)cc1. The Morgan fingerprint density at radius 1 is 1.00 bits per heavy atom. The van der Waals surface area contributed by atoms with E-state index < -0.39 is 35.4 Å². The number of aliphatic carboxylic acids is 1. The second-order valence-corrected chi connectivity index (χ2v) is 11.3. The summed E-state index contributed by atoms with van der Waals surface area (Å²) in [5.41, 5.74) is 2.28. The molecule has 0 fully saturated rings. The number of rotatable bonds is 11. The fraction of sp³-hybridized carbons (Fsp3) is 0.303. The molecule has 1 atom stereocenters. The van der Waals surface area contributed by atoms with E-state index in [0.717, 1.165) is 24.8 Å². The lowest BCUT2D eigenvalue weighted by Gasteiger charge is -2.19. The van der Waals surface area contributed by atoms with E-state index in [1.54, 1.807) is 26.8 Å². The van der Waals surface area contributed by atoms with Gasteiger partial charge in [0.2, 0.25) is 5.82 Å². The molecule has 3 aromatic carbocycles. The summed E-state index contributed by atoms with van der Waals surface area (Å²) in [6, 6.07) is 16.5. The zero-order valence-corrected chi connectivity index (χ0v) is 25.0. The molecule has 1 unspecified atom stereocenters. The highest BCUT2D eigenvalue weighted by molar-refractivity contribution is 5.97. The second kappa shape index (κ2) is 13.9. The number of benzene rings is 3. The third-order valence-electron chi connectivity index (χ3n) is 6.56. The summed E-state index contributed by atoms with van der Waals surface area (Å²) in [5.74, 6) is -2.27. The van der Waals surface area contributed by atoms with Gasteiger partial charge >= 0.3 is 12.1 Å². The Labute approximate surface area is 254 Å². The highest BCUT2D eigenvalue weighted by Crippen LogP contribution is 2.26. The molecule has 10 nitrogen and oxygen atoms in total. The van der Waals surface area contributed by atoms with Crippen LogP contribution in [0.5, 0.6) is 0 Å². The fourth-order valence-electron chi connectivity index (χ4n) is 4.32. The number of carboxylic acids is 1. The molecule has 230 valence electrons. The van der Waals surface area contributed by atoms with Crippen molar-refractivity contribution in [3.8, 4) is 22.8 Å². The van der Waals surface area contributed by atoms with Crippen LogP contribution in [0.1, 0.15) is 62.0 Å². The van der Waals surface area contributed by atoms with Gasteiger partial charge in [-0.1, -0.05) is 36.7 Å². The van der Waals surface area contributed by atoms with Crippen molar-refractivity contribution in [2.45, 2.75) is 65.0 Å². The summed E-state index contributed by atoms with van der Waals surface area (Å²) in [6.07, 6.45) is 2.38. The molecule has 0 saturated heterocycles. The van der Waals surface area contributed by atoms with E-state index in [9.17, 15) is 19.5 Å². The van der Waals surface area contributed by atoms with E-state index in [0.29, 0.717) is 11.3 Å². The van der Waals surface area contributed by atoms with Crippen LogP contribution in [0.25, 0.3) is 22.8 Å². The maximum Gasteiger partial charge on any atom is 0.412 e. The largest absolute Gasteiger partial charge is 0.480 e. The molecule has 4 rings (SSSR count). The minimum Gasteiger partial charge on any atom is -0.480 e. The Hall–Kier alpha value is -5.06. The molecule has 0 spiro atoms. The number of amides is 2. The van der Waals surface area contributed by atoms with E-state index >= 15 is 4.39 Å². The first kappa shape index (κ1) is 31.9. The van der Waals surface area contributed by atoms with Crippen LogP contribution in [-0.4, -0.2) is 44.9 Å². The second-order valence-electron chi connectivity index (χ2n) is 11.3. The highest BCUT2D eigenvalue weighted by Gasteiger charge is 2.23. The lowest BCUT2D eigenvalue weighted by atomic mass is 10.0. The molecule has 0 aliphatic carbocycles. The maximum absolute atomic E-state index is 15.1. The zero-order chi connectivity index (χ0) is 31.9. The van der Waals surface area contributed by atoms with Crippen LogP contribution in [0.3, 0.4) is 0 Å². The van der Waals surface area contributed by atoms with Crippen LogP contribution in [0, 0.1) is 5.82 Å². The minimum atomic E-state index is -1.33. The van der Waals surface area contributed by atoms with Gasteiger partial charge in [-0.15, -0.1) is 0 Å². The number of halogens is 1. The number of anilines is 1. The standard InChI is InChI=1S/C33H35FN4O6/c1-5-6-7-20-8-11-23(12-9-20)30-37-28(38-44-30)25-17-10-21(18-26(25)34)19-27(31(40)41)36-29(39)22-13-15-24(16-14-22)35-32(42)43-33(2,3)4/h8-18,27H,5-7,19H2,1-4H3,(H,35,42)(H,36,39)(H,40,41). The Balaban J connectivity index is 1.39. The molecule has 4 aromatic rings. The summed E-state index contributed by atoms with van der Waals surface area (Å²) < 4.78 is 25.7. The highest BCUT2D eigenvalue weighted by atomic mass is 19.1. The normalized spacial score (nSPS) is 11.9. The summed E-state index contributed by atoms with van der Waals surface area (Å²) in [6.45, 7) is 7.35. The first-order chi connectivity index (χ1) is 20.9. The molecule has 0 bridgehead atoms. The van der Waals surface area contributed by atoms with Crippen LogP contribution >= 0.6 is 0 Å². The number of hydrogen-bond donors (Lipinski definition) is 3. The quantitative estimate of drug-likeness (QED) is 0.173. The topological polar surface area (TPSA) is 144 Å². The van der Waals surface area contributed by atoms with Gasteiger partial charge < -0.3 is 19.7 Å². The van der Waals surface area contributed by atoms with Crippen molar-refractivity contribution in [1.29, 1.82) is 0 Å². The van der Waals surface area contributed by atoms with Crippen molar-refractivity contribution in [2.75, 3.05) is 5.32 Å².